The van der Waals surface area contributed by atoms with E-state index in [4.69, 9.17) is 9.88 Å². The number of nitrogens with two attached hydrogens (primary N) is 1. The Kier molecular flexibility index (Phi) is 4.06. The van der Waals surface area contributed by atoms with E-state index in [9.17, 15) is 13.2 Å². The molecule has 3 N–H and O–H groups in total. The zero-order chi connectivity index (χ0) is 17.5. The molecule has 0 saturated carbocycles. The molecule has 1 aliphatic heterocycles. The van der Waals surface area contributed by atoms with Crippen LogP contribution in [0, 0.1) is 13.8 Å². The average Bonchev–Trinajstić information content (AvgIpc) is 2.90. The number of aryl methyl sites for hydroxylation is 2. The van der Waals surface area contributed by atoms with Crippen molar-refractivity contribution in [3.63, 3.8) is 0 Å². The van der Waals surface area contributed by atoms with Crippen molar-refractivity contribution < 1.29 is 17.9 Å². The fourth-order valence-electron chi connectivity index (χ4n) is 2.67. The molecule has 0 aliphatic carbocycles. The number of ether oxygens (including phenoxy) is 1. The molecule has 0 saturated heterocycles. The van der Waals surface area contributed by atoms with Crippen molar-refractivity contribution in [3.05, 3.63) is 53.1 Å². The van der Waals surface area contributed by atoms with Crippen molar-refractivity contribution in [2.45, 2.75) is 24.7 Å². The van der Waals surface area contributed by atoms with E-state index in [-0.39, 0.29) is 17.4 Å². The molecule has 1 atom stereocenters. The summed E-state index contributed by atoms with van der Waals surface area (Å²) in [5, 5.41) is 7.84. The second-order valence-electron chi connectivity index (χ2n) is 5.90. The Balaban J connectivity index is 1.84. The number of carbonyl (C=O) groups is 1. The molecule has 2 aromatic rings. The number of benzene rings is 2. The topological polar surface area (TPSA) is 98.5 Å². The van der Waals surface area contributed by atoms with E-state index < -0.39 is 15.9 Å². The predicted molar refractivity (Wildman–Crippen MR) is 90.6 cm³/mol. The van der Waals surface area contributed by atoms with Gasteiger partial charge < -0.3 is 10.1 Å². The van der Waals surface area contributed by atoms with Gasteiger partial charge in [-0.05, 0) is 49.2 Å². The van der Waals surface area contributed by atoms with Crippen LogP contribution >= 0.6 is 0 Å². The average molecular weight is 346 g/mol. The van der Waals surface area contributed by atoms with E-state index in [1.54, 1.807) is 6.07 Å². The fraction of sp³-hybridized carbons (Fsp3) is 0.235. The molecular formula is C17H18N2O4S. The second kappa shape index (κ2) is 5.92. The summed E-state index contributed by atoms with van der Waals surface area (Å²) in [6.07, 6.45) is 0. The molecule has 6 nitrogen and oxygen atoms in total. The maximum atomic E-state index is 12.6. The third-order valence-electron chi connectivity index (χ3n) is 4.15. The summed E-state index contributed by atoms with van der Waals surface area (Å²) in [6, 6.07) is 9.75. The highest BCUT2D eigenvalue weighted by molar-refractivity contribution is 7.89. The molecule has 126 valence electrons. The Bertz CT molecular complexity index is 922. The molecule has 0 fully saturated rings. The summed E-state index contributed by atoms with van der Waals surface area (Å²) in [5.41, 5.74) is 3.42. The SMILES string of the molecule is Cc1cc2c(cc1C)C(C(=O)Nc1cccc(S(N)(=O)=O)c1)CO2. The molecule has 3 rings (SSSR count). The molecule has 0 bridgehead atoms. The van der Waals surface area contributed by atoms with E-state index in [0.29, 0.717) is 5.69 Å². The van der Waals surface area contributed by atoms with Crippen LogP contribution in [0.5, 0.6) is 5.75 Å². The van der Waals surface area contributed by atoms with Gasteiger partial charge in [-0.3, -0.25) is 4.79 Å². The third-order valence-corrected chi connectivity index (χ3v) is 5.06. The third kappa shape index (κ3) is 3.13. The van der Waals surface area contributed by atoms with Crippen LogP contribution < -0.4 is 15.2 Å². The summed E-state index contributed by atoms with van der Waals surface area (Å²) in [7, 11) is -3.82. The predicted octanol–water partition coefficient (Wildman–Crippen LogP) is 2.07. The lowest BCUT2D eigenvalue weighted by atomic mass is 9.96. The summed E-state index contributed by atoms with van der Waals surface area (Å²) in [5.74, 6) is 0.0394. The van der Waals surface area contributed by atoms with Crippen LogP contribution in [0.2, 0.25) is 0 Å². The first kappa shape index (κ1) is 16.5. The molecule has 0 aromatic heterocycles. The summed E-state index contributed by atoms with van der Waals surface area (Å²) in [6.45, 7) is 4.24. The van der Waals surface area contributed by atoms with Crippen LogP contribution in [0.4, 0.5) is 5.69 Å². The molecule has 0 radical (unpaired) electrons. The quantitative estimate of drug-likeness (QED) is 0.889. The molecule has 2 aromatic carbocycles. The molecule has 0 spiro atoms. The Labute approximate surface area is 140 Å². The van der Waals surface area contributed by atoms with Crippen molar-refractivity contribution in [2.24, 2.45) is 5.14 Å². The van der Waals surface area contributed by atoms with Crippen molar-refractivity contribution in [1.82, 2.24) is 0 Å². The Morgan fingerprint density at radius 3 is 2.62 bits per heavy atom. The fourth-order valence-corrected chi connectivity index (χ4v) is 3.23. The minimum Gasteiger partial charge on any atom is -0.492 e. The normalized spacial score (nSPS) is 16.4. The molecule has 1 unspecified atom stereocenters. The number of carbonyl (C=O) groups excluding carboxylic acids is 1. The van der Waals surface area contributed by atoms with Gasteiger partial charge in [-0.1, -0.05) is 12.1 Å². The van der Waals surface area contributed by atoms with Crippen molar-refractivity contribution in [3.8, 4) is 5.75 Å². The van der Waals surface area contributed by atoms with Crippen LogP contribution in [-0.2, 0) is 14.8 Å². The minimum absolute atomic E-state index is 0.0464. The standard InChI is InChI=1S/C17H18N2O4S/c1-10-6-14-15(9-23-16(14)7-11(10)2)17(20)19-12-4-3-5-13(8-12)24(18,21)22/h3-8,15H,9H2,1-2H3,(H,19,20)(H2,18,21,22). The maximum Gasteiger partial charge on any atom is 0.238 e. The lowest BCUT2D eigenvalue weighted by molar-refractivity contribution is -0.117. The summed E-state index contributed by atoms with van der Waals surface area (Å²) >= 11 is 0. The van der Waals surface area contributed by atoms with E-state index in [2.05, 4.69) is 5.32 Å². The molecule has 1 aliphatic rings. The van der Waals surface area contributed by atoms with Crippen LogP contribution in [0.3, 0.4) is 0 Å². The monoisotopic (exact) mass is 346 g/mol. The van der Waals surface area contributed by atoms with Gasteiger partial charge >= 0.3 is 0 Å². The van der Waals surface area contributed by atoms with Gasteiger partial charge in [0.1, 0.15) is 18.3 Å². The van der Waals surface area contributed by atoms with Gasteiger partial charge in [-0.15, -0.1) is 0 Å². The van der Waals surface area contributed by atoms with E-state index in [1.807, 2.05) is 26.0 Å². The summed E-state index contributed by atoms with van der Waals surface area (Å²) in [4.78, 5) is 12.5. The van der Waals surface area contributed by atoms with Crippen LogP contribution in [0.25, 0.3) is 0 Å². The zero-order valence-corrected chi connectivity index (χ0v) is 14.2. The van der Waals surface area contributed by atoms with Gasteiger partial charge in [0.05, 0.1) is 4.90 Å². The van der Waals surface area contributed by atoms with Gasteiger partial charge in [-0.25, -0.2) is 13.6 Å². The van der Waals surface area contributed by atoms with Crippen LogP contribution in [-0.4, -0.2) is 20.9 Å². The van der Waals surface area contributed by atoms with Gasteiger partial charge in [-0.2, -0.15) is 0 Å². The van der Waals surface area contributed by atoms with Crippen molar-refractivity contribution >= 4 is 21.6 Å². The Morgan fingerprint density at radius 1 is 1.21 bits per heavy atom. The molecule has 1 heterocycles. The smallest absolute Gasteiger partial charge is 0.238 e. The number of sulfonamides is 1. The second-order valence-corrected chi connectivity index (χ2v) is 7.46. The number of hydrogen-bond donors (Lipinski definition) is 2. The number of rotatable bonds is 3. The van der Waals surface area contributed by atoms with E-state index in [1.165, 1.54) is 18.2 Å². The highest BCUT2D eigenvalue weighted by Gasteiger charge is 2.31. The van der Waals surface area contributed by atoms with Crippen LogP contribution in [0.15, 0.2) is 41.3 Å². The number of hydrogen-bond acceptors (Lipinski definition) is 4. The number of amides is 1. The minimum atomic E-state index is -3.82. The van der Waals surface area contributed by atoms with Crippen LogP contribution in [0.1, 0.15) is 22.6 Å². The zero-order valence-electron chi connectivity index (χ0n) is 13.4. The van der Waals surface area contributed by atoms with E-state index in [0.717, 1.165) is 22.4 Å². The van der Waals surface area contributed by atoms with Gasteiger partial charge in [0.15, 0.2) is 0 Å². The number of anilines is 1. The Morgan fingerprint density at radius 2 is 1.92 bits per heavy atom. The first-order valence-electron chi connectivity index (χ1n) is 7.43. The van der Waals surface area contributed by atoms with Gasteiger partial charge in [0, 0.05) is 11.3 Å². The Hall–Kier alpha value is -2.38. The number of primary sulfonamides is 1. The van der Waals surface area contributed by atoms with Crippen molar-refractivity contribution in [2.75, 3.05) is 11.9 Å². The van der Waals surface area contributed by atoms with E-state index >= 15 is 0 Å². The molecule has 24 heavy (non-hydrogen) atoms. The van der Waals surface area contributed by atoms with Gasteiger partial charge in [0.25, 0.3) is 0 Å². The first-order chi connectivity index (χ1) is 11.3. The largest absolute Gasteiger partial charge is 0.492 e. The number of nitrogens with one attached hydrogen (secondary N) is 1. The molecule has 7 heteroatoms. The first-order valence-corrected chi connectivity index (χ1v) is 8.98. The lowest BCUT2D eigenvalue weighted by Gasteiger charge is -2.12. The highest BCUT2D eigenvalue weighted by Crippen LogP contribution is 2.36. The number of fused-ring (bicyclic) bond motifs is 1. The van der Waals surface area contributed by atoms with Crippen molar-refractivity contribution in [1.29, 1.82) is 0 Å². The van der Waals surface area contributed by atoms with Gasteiger partial charge in [0.2, 0.25) is 15.9 Å². The maximum absolute atomic E-state index is 12.6. The highest BCUT2D eigenvalue weighted by atomic mass is 32.2. The molecular weight excluding hydrogens is 328 g/mol. The lowest BCUT2D eigenvalue weighted by Crippen LogP contribution is -2.22. The summed E-state index contributed by atoms with van der Waals surface area (Å²) < 4.78 is 28.4. The molecule has 1 amide bonds.